The third kappa shape index (κ3) is 8.79. The number of aliphatic hydroxyl groups is 1. The second-order valence-corrected chi connectivity index (χ2v) is 11.7. The molecule has 2 atom stereocenters. The van der Waals surface area contributed by atoms with E-state index in [9.17, 15) is 18.4 Å². The molecule has 3 N–H and O–H groups in total. The Kier molecular flexibility index (Phi) is 11.3. The van der Waals surface area contributed by atoms with E-state index in [2.05, 4.69) is 10.9 Å². The van der Waals surface area contributed by atoms with Crippen LogP contribution in [0.3, 0.4) is 0 Å². The van der Waals surface area contributed by atoms with E-state index in [1.165, 1.54) is 13.2 Å². The summed E-state index contributed by atoms with van der Waals surface area (Å²) >= 11 is 0. The van der Waals surface area contributed by atoms with Crippen LogP contribution in [0.1, 0.15) is 62.8 Å². The normalized spacial score (nSPS) is 17.5. The van der Waals surface area contributed by atoms with Gasteiger partial charge in [0.15, 0.2) is 23.3 Å². The van der Waals surface area contributed by atoms with Crippen molar-refractivity contribution in [2.45, 2.75) is 63.8 Å². The molecule has 246 valence electrons. The molecule has 3 aromatic carbocycles. The minimum atomic E-state index is -1.67. The molecule has 0 aromatic heterocycles. The average molecular weight is 640 g/mol. The first-order valence-corrected chi connectivity index (χ1v) is 14.9. The lowest BCUT2D eigenvalue weighted by molar-refractivity contribution is -0.155. The molecule has 0 fully saturated rings. The lowest BCUT2D eigenvalue weighted by Gasteiger charge is -2.31. The summed E-state index contributed by atoms with van der Waals surface area (Å²) in [6, 6.07) is 17.3. The third-order valence-corrected chi connectivity index (χ3v) is 7.04. The Morgan fingerprint density at radius 3 is 2.46 bits per heavy atom. The molecular formula is C34H39F2N3O7. The van der Waals surface area contributed by atoms with Crippen molar-refractivity contribution in [1.29, 1.82) is 0 Å². The number of aliphatic hydroxyl groups excluding tert-OH is 1. The minimum absolute atomic E-state index is 0.0114. The van der Waals surface area contributed by atoms with Crippen molar-refractivity contribution in [2.24, 2.45) is 4.99 Å². The van der Waals surface area contributed by atoms with Gasteiger partial charge < -0.3 is 24.1 Å². The van der Waals surface area contributed by atoms with E-state index in [1.54, 1.807) is 69.3 Å². The Bertz CT molecular complexity index is 1540. The molecule has 1 heterocycles. The van der Waals surface area contributed by atoms with Crippen molar-refractivity contribution < 1.29 is 42.4 Å². The molecular weight excluding hydrogens is 600 g/mol. The number of nitrogens with zero attached hydrogens (tertiary/aromatic N) is 1. The van der Waals surface area contributed by atoms with E-state index >= 15 is 0 Å². The number of amides is 1. The fraction of sp³-hybridized carbons (Fsp3) is 0.382. The van der Waals surface area contributed by atoms with Crippen LogP contribution in [0.4, 0.5) is 8.78 Å². The Morgan fingerprint density at radius 2 is 1.78 bits per heavy atom. The topological polar surface area (TPSA) is 128 Å². The number of nitrogens with one attached hydrogen (secondary N) is 2. The highest BCUT2D eigenvalue weighted by Gasteiger charge is 2.53. The third-order valence-electron chi connectivity index (χ3n) is 7.04. The molecule has 0 saturated carbocycles. The number of rotatable bonds is 14. The molecule has 1 aliphatic heterocycles. The van der Waals surface area contributed by atoms with Crippen LogP contribution in [0.2, 0.25) is 0 Å². The maximum atomic E-state index is 14.2. The Balaban J connectivity index is 1.70. The summed E-state index contributed by atoms with van der Waals surface area (Å²) in [5.74, 6) is -1.87. The summed E-state index contributed by atoms with van der Waals surface area (Å²) in [6.45, 7) is 5.58. The second-order valence-electron chi connectivity index (χ2n) is 11.7. The summed E-state index contributed by atoms with van der Waals surface area (Å²) in [4.78, 5) is 31.9. The number of methoxy groups -OCH3 is 1. The molecule has 0 aliphatic carbocycles. The first kappa shape index (κ1) is 34.3. The predicted octanol–water partition coefficient (Wildman–Crippen LogP) is 4.93. The summed E-state index contributed by atoms with van der Waals surface area (Å²) in [5.41, 5.74) is 4.51. The van der Waals surface area contributed by atoms with Gasteiger partial charge in [0.25, 0.3) is 5.91 Å². The number of ether oxygens (including phenoxy) is 4. The number of esters is 1. The number of carbonyl (C=O) groups excluding carboxylic acids is 2. The summed E-state index contributed by atoms with van der Waals surface area (Å²) < 4.78 is 50.2. The first-order chi connectivity index (χ1) is 21.9. The van der Waals surface area contributed by atoms with E-state index in [0.29, 0.717) is 41.2 Å². The highest BCUT2D eigenvalue weighted by molar-refractivity contribution is 6.01. The van der Waals surface area contributed by atoms with E-state index in [0.717, 1.165) is 12.1 Å². The van der Waals surface area contributed by atoms with Gasteiger partial charge in [0.05, 0.1) is 13.7 Å². The summed E-state index contributed by atoms with van der Waals surface area (Å²) in [5, 5.41) is 9.03. The molecule has 12 heteroatoms. The van der Waals surface area contributed by atoms with Crippen molar-refractivity contribution in [1.82, 2.24) is 10.9 Å². The molecule has 10 nitrogen and oxygen atoms in total. The molecule has 0 spiro atoms. The molecule has 1 aliphatic rings. The van der Waals surface area contributed by atoms with Gasteiger partial charge in [-0.1, -0.05) is 18.2 Å². The standard InChI is InChI=1S/C34H39F2N3O7/c1-33(2,3)46-29(41)15-16-34(32(42)39-37-21-22-9-14-27(35)28(36)19-22)30(24-7-5-8-26(20-24)43-4)45-31(38-34)23-10-12-25(13-11-23)44-18-6-17-40/h5,7-14,19-20,30,37,40H,6,15-18,21H2,1-4H3,(H,39,42)/t30-,34-/m0/s1. The zero-order chi connectivity index (χ0) is 33.3. The van der Waals surface area contributed by atoms with Crippen molar-refractivity contribution in [3.8, 4) is 11.5 Å². The number of benzene rings is 3. The van der Waals surface area contributed by atoms with Gasteiger partial charge in [-0.3, -0.25) is 15.0 Å². The Labute approximate surface area is 266 Å². The minimum Gasteiger partial charge on any atom is -0.497 e. The lowest BCUT2D eigenvalue weighted by Crippen LogP contribution is -2.52. The van der Waals surface area contributed by atoms with Crippen molar-refractivity contribution in [3.63, 3.8) is 0 Å². The zero-order valence-electron chi connectivity index (χ0n) is 26.3. The van der Waals surface area contributed by atoms with Crippen LogP contribution >= 0.6 is 0 Å². The molecule has 1 amide bonds. The van der Waals surface area contributed by atoms with E-state index in [4.69, 9.17) is 29.0 Å². The number of carbonyl (C=O) groups is 2. The molecule has 4 rings (SSSR count). The van der Waals surface area contributed by atoms with Crippen LogP contribution in [0.5, 0.6) is 11.5 Å². The van der Waals surface area contributed by atoms with Gasteiger partial charge in [0, 0.05) is 31.6 Å². The van der Waals surface area contributed by atoms with Crippen LogP contribution in [-0.2, 0) is 25.6 Å². The van der Waals surface area contributed by atoms with Gasteiger partial charge in [-0.05, 0) is 86.8 Å². The fourth-order valence-electron chi connectivity index (χ4n) is 4.84. The average Bonchev–Trinajstić information content (AvgIpc) is 3.42. The maximum absolute atomic E-state index is 14.2. The highest BCUT2D eigenvalue weighted by Crippen LogP contribution is 2.44. The van der Waals surface area contributed by atoms with Crippen LogP contribution in [0.15, 0.2) is 71.7 Å². The fourth-order valence-corrected chi connectivity index (χ4v) is 4.84. The Hall–Kier alpha value is -4.55. The highest BCUT2D eigenvalue weighted by atomic mass is 19.2. The second kappa shape index (κ2) is 15.2. The predicted molar refractivity (Wildman–Crippen MR) is 166 cm³/mol. The SMILES string of the molecule is COc1cccc([C@@H]2OC(c3ccc(OCCCO)cc3)=N[C@]2(CCC(=O)OC(C)(C)C)C(=O)NNCc2ccc(F)c(F)c2)c1. The number of aliphatic imine (C=N–C) groups is 1. The number of hydrazine groups is 1. The van der Waals surface area contributed by atoms with Crippen LogP contribution in [0.25, 0.3) is 0 Å². The first-order valence-electron chi connectivity index (χ1n) is 14.9. The van der Waals surface area contributed by atoms with E-state index in [-0.39, 0.29) is 31.9 Å². The molecule has 0 bridgehead atoms. The lowest BCUT2D eigenvalue weighted by atomic mass is 9.83. The summed E-state index contributed by atoms with van der Waals surface area (Å²) in [7, 11) is 1.52. The summed E-state index contributed by atoms with van der Waals surface area (Å²) in [6.07, 6.45) is -0.759. The molecule has 0 radical (unpaired) electrons. The quantitative estimate of drug-likeness (QED) is 0.129. The molecule has 0 unspecified atom stereocenters. The molecule has 3 aromatic rings. The number of hydrogen-bond acceptors (Lipinski definition) is 9. The Morgan fingerprint density at radius 1 is 1.02 bits per heavy atom. The van der Waals surface area contributed by atoms with Crippen molar-refractivity contribution in [3.05, 3.63) is 95.1 Å². The number of halogens is 2. The van der Waals surface area contributed by atoms with Crippen molar-refractivity contribution in [2.75, 3.05) is 20.3 Å². The number of hydrogen-bond donors (Lipinski definition) is 3. The van der Waals surface area contributed by atoms with Crippen LogP contribution < -0.4 is 20.3 Å². The largest absolute Gasteiger partial charge is 0.497 e. The van der Waals surface area contributed by atoms with E-state index < -0.39 is 40.8 Å². The van der Waals surface area contributed by atoms with Gasteiger partial charge in [-0.2, -0.15) is 0 Å². The monoisotopic (exact) mass is 639 g/mol. The van der Waals surface area contributed by atoms with Gasteiger partial charge in [0.1, 0.15) is 17.1 Å². The van der Waals surface area contributed by atoms with E-state index in [1.807, 2.05) is 0 Å². The van der Waals surface area contributed by atoms with Gasteiger partial charge >= 0.3 is 5.97 Å². The zero-order valence-corrected chi connectivity index (χ0v) is 26.3. The van der Waals surface area contributed by atoms with Gasteiger partial charge in [0.2, 0.25) is 5.90 Å². The van der Waals surface area contributed by atoms with Gasteiger partial charge in [-0.15, -0.1) is 0 Å². The molecule has 0 saturated heterocycles. The van der Waals surface area contributed by atoms with Crippen molar-refractivity contribution >= 4 is 17.8 Å². The molecule has 46 heavy (non-hydrogen) atoms. The smallest absolute Gasteiger partial charge is 0.306 e. The van der Waals surface area contributed by atoms with Crippen LogP contribution in [-0.4, -0.2) is 54.3 Å². The van der Waals surface area contributed by atoms with Gasteiger partial charge in [-0.25, -0.2) is 19.2 Å². The maximum Gasteiger partial charge on any atom is 0.306 e. The van der Waals surface area contributed by atoms with Crippen LogP contribution in [0, 0.1) is 11.6 Å².